The van der Waals surface area contributed by atoms with E-state index in [2.05, 4.69) is 5.43 Å². The minimum atomic E-state index is -4.20. The van der Waals surface area contributed by atoms with Gasteiger partial charge in [-0.15, -0.1) is 0 Å². The number of carbonyl (C=O) groups is 3. The fourth-order valence-corrected chi connectivity index (χ4v) is 5.83. The molecule has 2 aliphatic rings. The number of carbonyl (C=O) groups excluding carboxylic acids is 3. The molecule has 4 rings (SSSR count). The third-order valence-corrected chi connectivity index (χ3v) is 7.70. The molecule has 0 aliphatic carbocycles. The van der Waals surface area contributed by atoms with Gasteiger partial charge in [0.1, 0.15) is 11.4 Å². The van der Waals surface area contributed by atoms with Gasteiger partial charge < -0.3 is 0 Å². The Morgan fingerprint density at radius 3 is 2.58 bits per heavy atom. The largest absolute Gasteiger partial charge is 0.285 e. The van der Waals surface area contributed by atoms with Crippen molar-refractivity contribution in [1.29, 1.82) is 0 Å². The molecule has 33 heavy (non-hydrogen) atoms. The molecule has 0 spiro atoms. The van der Waals surface area contributed by atoms with Crippen LogP contribution >= 0.6 is 24.0 Å². The average molecular weight is 505 g/mol. The van der Waals surface area contributed by atoms with E-state index in [4.69, 9.17) is 12.2 Å². The summed E-state index contributed by atoms with van der Waals surface area (Å²) in [7, 11) is -4.20. The lowest BCUT2D eigenvalue weighted by atomic mass is 10.2. The first-order chi connectivity index (χ1) is 15.6. The number of benzene rings is 2. The lowest BCUT2D eigenvalue weighted by Gasteiger charge is -2.19. The molecule has 11 nitrogen and oxygen atoms in total. The van der Waals surface area contributed by atoms with E-state index in [1.165, 1.54) is 48.5 Å². The number of nitro benzene ring substituents is 1. The summed E-state index contributed by atoms with van der Waals surface area (Å²) in [5, 5.41) is 11.7. The number of rotatable bonds is 5. The van der Waals surface area contributed by atoms with Crippen molar-refractivity contribution in [2.45, 2.75) is 4.90 Å². The molecule has 2 aromatic carbocycles. The monoisotopic (exact) mass is 504 g/mol. The highest BCUT2D eigenvalue weighted by atomic mass is 32.2. The number of non-ortho nitro benzene ring substituents is 1. The van der Waals surface area contributed by atoms with Gasteiger partial charge in [0.25, 0.3) is 33.4 Å². The summed E-state index contributed by atoms with van der Waals surface area (Å²) < 4.78 is 25.6. The summed E-state index contributed by atoms with van der Waals surface area (Å²) >= 11 is 5.96. The highest BCUT2D eigenvalue weighted by Gasteiger charge is 2.42. The van der Waals surface area contributed by atoms with Gasteiger partial charge in [-0.1, -0.05) is 36.0 Å². The van der Waals surface area contributed by atoms with Gasteiger partial charge in [-0.25, -0.2) is 12.7 Å². The van der Waals surface area contributed by atoms with Crippen LogP contribution in [0.2, 0.25) is 0 Å². The Bertz CT molecular complexity index is 1390. The van der Waals surface area contributed by atoms with Crippen molar-refractivity contribution in [3.63, 3.8) is 0 Å². The minimum absolute atomic E-state index is 0.0380. The van der Waals surface area contributed by atoms with Gasteiger partial charge in [-0.2, -0.15) is 5.01 Å². The number of hydrazine groups is 1. The van der Waals surface area contributed by atoms with Crippen molar-refractivity contribution in [2.24, 2.45) is 0 Å². The topological polar surface area (TPSA) is 147 Å². The van der Waals surface area contributed by atoms with E-state index < -0.39 is 39.2 Å². The molecule has 0 aromatic heterocycles. The maximum atomic E-state index is 12.7. The second kappa shape index (κ2) is 8.38. The highest BCUT2D eigenvalue weighted by Crippen LogP contribution is 2.32. The van der Waals surface area contributed by atoms with Crippen molar-refractivity contribution in [1.82, 2.24) is 14.7 Å². The predicted molar refractivity (Wildman–Crippen MR) is 121 cm³/mol. The third-order valence-electron chi connectivity index (χ3n) is 4.61. The number of fused-ring (bicyclic) bond motifs is 1. The molecule has 2 heterocycles. The van der Waals surface area contributed by atoms with E-state index in [1.807, 2.05) is 0 Å². The summed E-state index contributed by atoms with van der Waals surface area (Å²) in [4.78, 5) is 47.9. The van der Waals surface area contributed by atoms with Crippen molar-refractivity contribution >= 4 is 67.8 Å². The van der Waals surface area contributed by atoms with Crippen LogP contribution in [0.5, 0.6) is 0 Å². The zero-order valence-electron chi connectivity index (χ0n) is 16.3. The first-order valence-corrected chi connectivity index (χ1v) is 11.7. The number of thioether (sulfide) groups is 1. The first kappa shape index (κ1) is 22.6. The van der Waals surface area contributed by atoms with Crippen LogP contribution in [-0.4, -0.2) is 51.2 Å². The van der Waals surface area contributed by atoms with Crippen LogP contribution in [0, 0.1) is 10.1 Å². The molecular formula is C19H12N4O7S3. The predicted octanol–water partition coefficient (Wildman–Crippen LogP) is 1.67. The molecule has 168 valence electrons. The highest BCUT2D eigenvalue weighted by molar-refractivity contribution is 8.26. The van der Waals surface area contributed by atoms with Gasteiger partial charge in [0, 0.05) is 12.1 Å². The van der Waals surface area contributed by atoms with Crippen LogP contribution < -0.4 is 5.43 Å². The molecule has 0 saturated carbocycles. The second-order valence-electron chi connectivity index (χ2n) is 6.72. The summed E-state index contributed by atoms with van der Waals surface area (Å²) in [5.41, 5.74) is 2.38. The van der Waals surface area contributed by atoms with Gasteiger partial charge in [0.2, 0.25) is 0 Å². The zero-order chi connectivity index (χ0) is 23.9. The van der Waals surface area contributed by atoms with E-state index >= 15 is 0 Å². The minimum Gasteiger partial charge on any atom is -0.271 e. The summed E-state index contributed by atoms with van der Waals surface area (Å²) in [5.74, 6) is -2.51. The molecule has 0 unspecified atom stereocenters. The molecule has 2 aromatic rings. The van der Waals surface area contributed by atoms with Crippen LogP contribution in [0.1, 0.15) is 15.9 Å². The van der Waals surface area contributed by atoms with Crippen LogP contribution in [0.25, 0.3) is 6.08 Å². The van der Waals surface area contributed by atoms with Crippen molar-refractivity contribution in [3.05, 3.63) is 74.7 Å². The zero-order valence-corrected chi connectivity index (χ0v) is 18.8. The number of thiocarbonyl (C=S) groups is 1. The number of nitrogens with one attached hydrogen (secondary N) is 1. The van der Waals surface area contributed by atoms with Crippen molar-refractivity contribution in [3.8, 4) is 0 Å². The lowest BCUT2D eigenvalue weighted by molar-refractivity contribution is -0.384. The molecule has 14 heteroatoms. The SMILES string of the molecule is O=C(CN1C(=O)c2ccccc2S1(=O)=O)NN1C(=O)C(=Cc2cccc([N+](=O)[O-])c2)SC1=S. The second-order valence-corrected chi connectivity index (χ2v) is 10.2. The normalized spacial score (nSPS) is 18.1. The number of amides is 3. The lowest BCUT2D eigenvalue weighted by Crippen LogP contribution is -2.49. The van der Waals surface area contributed by atoms with Crippen molar-refractivity contribution in [2.75, 3.05) is 6.54 Å². The quantitative estimate of drug-likeness (QED) is 0.278. The van der Waals surface area contributed by atoms with E-state index in [1.54, 1.807) is 6.07 Å². The Labute approximate surface area is 196 Å². The number of hydrogen-bond acceptors (Lipinski definition) is 9. The number of sulfonamides is 1. The van der Waals surface area contributed by atoms with E-state index in [0.717, 1.165) is 16.8 Å². The first-order valence-electron chi connectivity index (χ1n) is 9.07. The molecule has 1 N–H and O–H groups in total. The van der Waals surface area contributed by atoms with Gasteiger partial charge in [-0.05, 0) is 36.0 Å². The number of nitro groups is 1. The van der Waals surface area contributed by atoms with Gasteiger partial charge in [-0.3, -0.25) is 29.9 Å². The molecule has 0 radical (unpaired) electrons. The molecule has 1 saturated heterocycles. The summed E-state index contributed by atoms with van der Waals surface area (Å²) in [6.45, 7) is -0.850. The Morgan fingerprint density at radius 2 is 1.88 bits per heavy atom. The van der Waals surface area contributed by atoms with E-state index in [0.29, 0.717) is 9.87 Å². The molecule has 3 amide bonds. The van der Waals surface area contributed by atoms with Gasteiger partial charge in [0.15, 0.2) is 4.32 Å². The molecule has 2 aliphatic heterocycles. The summed E-state index contributed by atoms with van der Waals surface area (Å²) in [6, 6.07) is 11.2. The molecule has 0 bridgehead atoms. The Balaban J connectivity index is 1.49. The third kappa shape index (κ3) is 4.10. The van der Waals surface area contributed by atoms with Crippen molar-refractivity contribution < 1.29 is 27.7 Å². The van der Waals surface area contributed by atoms with Gasteiger partial charge in [0.05, 0.1) is 15.4 Å². The van der Waals surface area contributed by atoms with E-state index in [-0.39, 0.29) is 25.4 Å². The fraction of sp³-hybridized carbons (Fsp3) is 0.0526. The number of hydrogen-bond donors (Lipinski definition) is 1. The maximum Gasteiger partial charge on any atom is 0.285 e. The summed E-state index contributed by atoms with van der Waals surface area (Å²) in [6.07, 6.45) is 1.38. The maximum absolute atomic E-state index is 12.7. The van der Waals surface area contributed by atoms with Crippen LogP contribution in [0.3, 0.4) is 0 Å². The smallest absolute Gasteiger partial charge is 0.271 e. The number of nitrogens with zero attached hydrogens (tertiary/aromatic N) is 3. The Kier molecular flexibility index (Phi) is 5.73. The molecule has 0 atom stereocenters. The average Bonchev–Trinajstić information content (AvgIpc) is 3.14. The van der Waals surface area contributed by atoms with Crippen LogP contribution in [0.15, 0.2) is 58.3 Å². The standard InChI is InChI=1S/C19H12N4O7S3/c24-16(10-21-17(25)13-6-1-2-7-15(13)33(21,29)30)20-22-18(26)14(32-19(22)31)9-11-4-3-5-12(8-11)23(27)28/h1-9H,10H2,(H,20,24). The van der Waals surface area contributed by atoms with E-state index in [9.17, 15) is 32.9 Å². The van der Waals surface area contributed by atoms with Crippen LogP contribution in [0.4, 0.5) is 5.69 Å². The van der Waals surface area contributed by atoms with Crippen LogP contribution in [-0.2, 0) is 19.6 Å². The molecular weight excluding hydrogens is 492 g/mol. The fourth-order valence-electron chi connectivity index (χ4n) is 3.12. The Morgan fingerprint density at radius 1 is 1.15 bits per heavy atom. The van der Waals surface area contributed by atoms with Gasteiger partial charge >= 0.3 is 0 Å². The Hall–Kier alpha value is -3.62. The molecule has 1 fully saturated rings.